The summed E-state index contributed by atoms with van der Waals surface area (Å²) in [4.78, 5) is 2.02. The van der Waals surface area contributed by atoms with Gasteiger partial charge in [0.15, 0.2) is 0 Å². The highest BCUT2D eigenvalue weighted by Gasteiger charge is 2.22. The number of rotatable bonds is 2. The number of anilines is 1. The predicted molar refractivity (Wildman–Crippen MR) is 67.8 cm³/mol. The lowest BCUT2D eigenvalue weighted by Crippen LogP contribution is -2.17. The summed E-state index contributed by atoms with van der Waals surface area (Å²) >= 11 is 0. The number of allylic oxidation sites excluding steroid dienone is 2. The normalized spacial score (nSPS) is 13.9. The van der Waals surface area contributed by atoms with Gasteiger partial charge in [0.1, 0.15) is 23.5 Å². The lowest BCUT2D eigenvalue weighted by molar-refractivity contribution is 0.415. The third kappa shape index (κ3) is 2.14. The van der Waals surface area contributed by atoms with Crippen molar-refractivity contribution < 1.29 is 4.74 Å². The van der Waals surface area contributed by atoms with Crippen molar-refractivity contribution in [2.24, 2.45) is 0 Å². The first-order valence-corrected chi connectivity index (χ1v) is 5.75. The van der Waals surface area contributed by atoms with Crippen LogP contribution in [0.4, 0.5) is 5.69 Å². The Kier molecular flexibility index (Phi) is 3.50. The fourth-order valence-electron chi connectivity index (χ4n) is 2.15. The molecule has 1 aromatic carbocycles. The fraction of sp³-hybridized carbons (Fsp3) is 0.286. The van der Waals surface area contributed by atoms with Gasteiger partial charge in [0.2, 0.25) is 0 Å². The number of nitrogens with zero attached hydrogens (tertiary/aromatic N) is 3. The van der Waals surface area contributed by atoms with Crippen molar-refractivity contribution >= 4 is 5.69 Å². The molecule has 0 radical (unpaired) electrons. The molecule has 1 aromatic rings. The van der Waals surface area contributed by atoms with Crippen LogP contribution >= 0.6 is 0 Å². The summed E-state index contributed by atoms with van der Waals surface area (Å²) in [7, 11) is 1.62. The summed E-state index contributed by atoms with van der Waals surface area (Å²) in [6.07, 6.45) is 1.73. The van der Waals surface area contributed by atoms with E-state index in [1.54, 1.807) is 7.11 Å². The zero-order chi connectivity index (χ0) is 13.0. The molecule has 0 aliphatic carbocycles. The molecule has 1 aliphatic heterocycles. The third-order valence-corrected chi connectivity index (χ3v) is 3.00. The van der Waals surface area contributed by atoms with E-state index >= 15 is 0 Å². The number of benzene rings is 1. The second-order valence-corrected chi connectivity index (χ2v) is 4.00. The van der Waals surface area contributed by atoms with E-state index in [0.29, 0.717) is 0 Å². The highest BCUT2D eigenvalue weighted by atomic mass is 16.5. The number of methoxy groups -OCH3 is 1. The number of hydrogen-bond donors (Lipinski definition) is 0. The van der Waals surface area contributed by atoms with Crippen LogP contribution in [0.5, 0.6) is 5.75 Å². The van der Waals surface area contributed by atoms with E-state index in [9.17, 15) is 0 Å². The van der Waals surface area contributed by atoms with Crippen LogP contribution < -0.4 is 9.64 Å². The van der Waals surface area contributed by atoms with Gasteiger partial charge < -0.3 is 9.64 Å². The van der Waals surface area contributed by atoms with Gasteiger partial charge in [-0.2, -0.15) is 10.5 Å². The molecule has 90 valence electrons. The molecular weight excluding hydrogens is 226 g/mol. The molecule has 0 aromatic heterocycles. The van der Waals surface area contributed by atoms with Crippen molar-refractivity contribution in [3.63, 3.8) is 0 Å². The zero-order valence-corrected chi connectivity index (χ0v) is 10.2. The van der Waals surface area contributed by atoms with E-state index in [0.717, 1.165) is 36.5 Å². The van der Waals surface area contributed by atoms with Crippen LogP contribution in [0.25, 0.3) is 0 Å². The molecule has 18 heavy (non-hydrogen) atoms. The smallest absolute Gasteiger partial charge is 0.149 e. The monoisotopic (exact) mass is 239 g/mol. The predicted octanol–water partition coefficient (Wildman–Crippen LogP) is 2.60. The van der Waals surface area contributed by atoms with Crippen molar-refractivity contribution in [3.05, 3.63) is 35.5 Å². The topological polar surface area (TPSA) is 60.0 Å². The lowest BCUT2D eigenvalue weighted by atomic mass is 10.2. The Morgan fingerprint density at radius 3 is 2.78 bits per heavy atom. The van der Waals surface area contributed by atoms with E-state index in [1.165, 1.54) is 0 Å². The highest BCUT2D eigenvalue weighted by molar-refractivity contribution is 5.60. The summed E-state index contributed by atoms with van der Waals surface area (Å²) in [6.45, 7) is 0.829. The first-order valence-electron chi connectivity index (χ1n) is 5.75. The average Bonchev–Trinajstić information content (AvgIpc) is 2.90. The Bertz CT molecular complexity index is 547. The van der Waals surface area contributed by atoms with E-state index in [2.05, 4.69) is 0 Å². The maximum Gasteiger partial charge on any atom is 0.149 e. The first-order chi connectivity index (χ1) is 8.80. The molecule has 0 bridgehead atoms. The summed E-state index contributed by atoms with van der Waals surface area (Å²) in [5.41, 5.74) is 1.98. The number of hydrogen-bond acceptors (Lipinski definition) is 4. The van der Waals surface area contributed by atoms with Crippen LogP contribution in [0.1, 0.15) is 12.8 Å². The Morgan fingerprint density at radius 2 is 2.11 bits per heavy atom. The molecular formula is C14H13N3O. The Hall–Kier alpha value is -2.46. The maximum absolute atomic E-state index is 8.97. The molecule has 4 heteroatoms. The van der Waals surface area contributed by atoms with E-state index < -0.39 is 0 Å². The van der Waals surface area contributed by atoms with E-state index in [-0.39, 0.29) is 5.57 Å². The second-order valence-electron chi connectivity index (χ2n) is 4.00. The molecule has 1 saturated heterocycles. The van der Waals surface area contributed by atoms with Crippen molar-refractivity contribution in [1.82, 2.24) is 0 Å². The van der Waals surface area contributed by atoms with Gasteiger partial charge in [-0.1, -0.05) is 6.07 Å². The Balaban J connectivity index is 2.41. The summed E-state index contributed by atoms with van der Waals surface area (Å²) in [5.74, 6) is 0.772. The number of nitriles is 2. The summed E-state index contributed by atoms with van der Waals surface area (Å²) in [6, 6.07) is 11.6. The molecule has 1 heterocycles. The van der Waals surface area contributed by atoms with Gasteiger partial charge in [0.05, 0.1) is 7.11 Å². The van der Waals surface area contributed by atoms with Crippen LogP contribution in [0.2, 0.25) is 0 Å². The first kappa shape index (κ1) is 12.0. The highest BCUT2D eigenvalue weighted by Crippen LogP contribution is 2.32. The van der Waals surface area contributed by atoms with Crippen molar-refractivity contribution in [2.75, 3.05) is 18.6 Å². The minimum absolute atomic E-state index is 0.204. The minimum Gasteiger partial charge on any atom is -0.497 e. The molecule has 0 unspecified atom stereocenters. The van der Waals surface area contributed by atoms with Gasteiger partial charge in [0.25, 0.3) is 0 Å². The molecule has 4 nitrogen and oxygen atoms in total. The maximum atomic E-state index is 8.97. The zero-order valence-electron chi connectivity index (χ0n) is 10.2. The molecule has 0 spiro atoms. The van der Waals surface area contributed by atoms with E-state index in [1.807, 2.05) is 41.3 Å². The van der Waals surface area contributed by atoms with E-state index in [4.69, 9.17) is 15.3 Å². The van der Waals surface area contributed by atoms with Crippen LogP contribution in [0.15, 0.2) is 35.5 Å². The number of ether oxygens (including phenoxy) is 1. The summed E-state index contributed by atoms with van der Waals surface area (Å²) in [5, 5.41) is 17.9. The standard InChI is InChI=1S/C14H13N3O/c1-18-13-5-2-4-12(8-13)17-7-3-6-14(17)11(9-15)10-16/h2,4-5,8H,3,6-7H2,1H3. The SMILES string of the molecule is COc1cccc(N2CCCC2=C(C#N)C#N)c1. The van der Waals surface area contributed by atoms with Crippen molar-refractivity contribution in [2.45, 2.75) is 12.8 Å². The Labute approximate surface area is 106 Å². The molecule has 0 atom stereocenters. The molecule has 2 rings (SSSR count). The second kappa shape index (κ2) is 5.25. The van der Waals surface area contributed by atoms with Crippen LogP contribution in [-0.2, 0) is 0 Å². The molecule has 1 aliphatic rings. The van der Waals surface area contributed by atoms with Crippen LogP contribution in [-0.4, -0.2) is 13.7 Å². The van der Waals surface area contributed by atoms with Gasteiger partial charge in [-0.3, -0.25) is 0 Å². The van der Waals surface area contributed by atoms with Crippen molar-refractivity contribution in [1.29, 1.82) is 10.5 Å². The largest absolute Gasteiger partial charge is 0.497 e. The molecule has 0 saturated carbocycles. The molecule has 1 fully saturated rings. The minimum atomic E-state index is 0.204. The van der Waals surface area contributed by atoms with Crippen molar-refractivity contribution in [3.8, 4) is 17.9 Å². The molecule has 0 amide bonds. The van der Waals surface area contributed by atoms with Gasteiger partial charge in [-0.25, -0.2) is 0 Å². The van der Waals surface area contributed by atoms with Gasteiger partial charge in [-0.05, 0) is 25.0 Å². The van der Waals surface area contributed by atoms with Gasteiger partial charge in [-0.15, -0.1) is 0 Å². The quantitative estimate of drug-likeness (QED) is 0.744. The van der Waals surface area contributed by atoms with Gasteiger partial charge >= 0.3 is 0 Å². The third-order valence-electron chi connectivity index (χ3n) is 3.00. The lowest BCUT2D eigenvalue weighted by Gasteiger charge is -2.20. The van der Waals surface area contributed by atoms with Crippen LogP contribution in [0.3, 0.4) is 0 Å². The summed E-state index contributed by atoms with van der Waals surface area (Å²) < 4.78 is 5.19. The average molecular weight is 239 g/mol. The Morgan fingerprint density at radius 1 is 1.33 bits per heavy atom. The van der Waals surface area contributed by atoms with Gasteiger partial charge in [0, 0.05) is 24.0 Å². The molecule has 0 N–H and O–H groups in total. The van der Waals surface area contributed by atoms with Crippen LogP contribution in [0, 0.1) is 22.7 Å². The fourth-order valence-corrected chi connectivity index (χ4v) is 2.15.